The fraction of sp³-hybridized carbons (Fsp3) is 0.333. The maximum Gasteiger partial charge on any atom is 0.337 e. The van der Waals surface area contributed by atoms with Gasteiger partial charge in [0.25, 0.3) is 0 Å². The highest BCUT2D eigenvalue weighted by atomic mass is 16.5. The van der Waals surface area contributed by atoms with Crippen LogP contribution in [0.25, 0.3) is 0 Å². The Balaban J connectivity index is 1.61. The molecule has 0 saturated carbocycles. The number of hydrogen-bond donors (Lipinski definition) is 0. The molecule has 1 atom stereocenters. The van der Waals surface area contributed by atoms with Crippen molar-refractivity contribution in [3.05, 3.63) is 59.2 Å². The summed E-state index contributed by atoms with van der Waals surface area (Å²) >= 11 is 0. The van der Waals surface area contributed by atoms with Crippen LogP contribution in [0.2, 0.25) is 0 Å². The average Bonchev–Trinajstić information content (AvgIpc) is 3.02. The molecule has 1 unspecified atom stereocenters. The summed E-state index contributed by atoms with van der Waals surface area (Å²) in [5, 5.41) is 0. The minimum atomic E-state index is -0.373. The van der Waals surface area contributed by atoms with E-state index in [1.807, 2.05) is 24.8 Å². The molecule has 0 aliphatic carbocycles. The van der Waals surface area contributed by atoms with Crippen LogP contribution in [-0.2, 0) is 9.53 Å². The van der Waals surface area contributed by atoms with Gasteiger partial charge >= 0.3 is 5.97 Å². The third-order valence-electron chi connectivity index (χ3n) is 4.62. The Hall–Kier alpha value is -2.82. The van der Waals surface area contributed by atoms with Crippen LogP contribution in [0, 0.1) is 19.8 Å². The SMILES string of the molecule is COC(=O)c1ccc(OCC2CC(=O)N(c3cc(C)ccc3C)C2)cc1. The van der Waals surface area contributed by atoms with Crippen molar-refractivity contribution in [1.82, 2.24) is 0 Å². The molecule has 5 nitrogen and oxygen atoms in total. The van der Waals surface area contributed by atoms with Gasteiger partial charge in [0.1, 0.15) is 5.75 Å². The smallest absolute Gasteiger partial charge is 0.337 e. The predicted molar refractivity (Wildman–Crippen MR) is 99.7 cm³/mol. The fourth-order valence-electron chi connectivity index (χ4n) is 3.16. The molecule has 0 radical (unpaired) electrons. The molecule has 3 rings (SSSR count). The van der Waals surface area contributed by atoms with E-state index in [-0.39, 0.29) is 17.8 Å². The monoisotopic (exact) mass is 353 g/mol. The lowest BCUT2D eigenvalue weighted by atomic mass is 10.1. The maximum absolute atomic E-state index is 12.4. The number of hydrogen-bond acceptors (Lipinski definition) is 4. The number of aryl methyl sites for hydroxylation is 2. The normalized spacial score (nSPS) is 16.7. The number of benzene rings is 2. The number of nitrogens with zero attached hydrogens (tertiary/aromatic N) is 1. The molecule has 1 heterocycles. The first kappa shape index (κ1) is 18.0. The third kappa shape index (κ3) is 3.87. The van der Waals surface area contributed by atoms with Gasteiger partial charge in [-0.2, -0.15) is 0 Å². The zero-order valence-corrected chi connectivity index (χ0v) is 15.3. The molecule has 0 N–H and O–H groups in total. The highest BCUT2D eigenvalue weighted by Crippen LogP contribution is 2.29. The molecule has 26 heavy (non-hydrogen) atoms. The van der Waals surface area contributed by atoms with Crippen LogP contribution in [0.4, 0.5) is 5.69 Å². The second-order valence-corrected chi connectivity index (χ2v) is 6.69. The average molecular weight is 353 g/mol. The summed E-state index contributed by atoms with van der Waals surface area (Å²) in [7, 11) is 1.35. The standard InChI is InChI=1S/C21H23NO4/c1-14-4-5-15(2)19(10-14)22-12-16(11-20(22)23)13-26-18-8-6-17(7-9-18)21(24)25-3/h4-10,16H,11-13H2,1-3H3. The number of amides is 1. The van der Waals surface area contributed by atoms with Gasteiger partial charge in [0.05, 0.1) is 19.3 Å². The summed E-state index contributed by atoms with van der Waals surface area (Å²) in [4.78, 5) is 25.7. The van der Waals surface area contributed by atoms with Crippen molar-refractivity contribution in [3.8, 4) is 5.75 Å². The van der Waals surface area contributed by atoms with E-state index >= 15 is 0 Å². The fourth-order valence-corrected chi connectivity index (χ4v) is 3.16. The minimum absolute atomic E-state index is 0.133. The summed E-state index contributed by atoms with van der Waals surface area (Å²) in [6.07, 6.45) is 0.480. The van der Waals surface area contributed by atoms with Gasteiger partial charge in [-0.05, 0) is 55.3 Å². The first-order valence-corrected chi connectivity index (χ1v) is 8.66. The lowest BCUT2D eigenvalue weighted by Gasteiger charge is -2.20. The Morgan fingerprint density at radius 2 is 1.88 bits per heavy atom. The van der Waals surface area contributed by atoms with E-state index in [1.165, 1.54) is 7.11 Å². The zero-order valence-electron chi connectivity index (χ0n) is 15.3. The Labute approximate surface area is 153 Å². The lowest BCUT2D eigenvalue weighted by molar-refractivity contribution is -0.117. The maximum atomic E-state index is 12.4. The topological polar surface area (TPSA) is 55.8 Å². The van der Waals surface area contributed by atoms with Gasteiger partial charge < -0.3 is 14.4 Å². The van der Waals surface area contributed by atoms with E-state index in [1.54, 1.807) is 24.3 Å². The molecule has 1 saturated heterocycles. The molecule has 5 heteroatoms. The van der Waals surface area contributed by atoms with Crippen LogP contribution in [0.3, 0.4) is 0 Å². The van der Waals surface area contributed by atoms with Crippen LogP contribution in [0.5, 0.6) is 5.75 Å². The molecule has 0 spiro atoms. The van der Waals surface area contributed by atoms with E-state index in [4.69, 9.17) is 4.74 Å². The van der Waals surface area contributed by atoms with Gasteiger partial charge in [-0.15, -0.1) is 0 Å². The van der Waals surface area contributed by atoms with Crippen molar-refractivity contribution in [2.75, 3.05) is 25.2 Å². The molecule has 1 amide bonds. The highest BCUT2D eigenvalue weighted by molar-refractivity contribution is 5.96. The summed E-state index contributed by atoms with van der Waals surface area (Å²) in [5.41, 5.74) is 3.71. The largest absolute Gasteiger partial charge is 0.493 e. The number of carbonyl (C=O) groups is 2. The van der Waals surface area contributed by atoms with Crippen molar-refractivity contribution in [2.45, 2.75) is 20.3 Å². The first-order valence-electron chi connectivity index (χ1n) is 8.66. The number of rotatable bonds is 5. The number of anilines is 1. The number of ether oxygens (including phenoxy) is 2. The van der Waals surface area contributed by atoms with Crippen molar-refractivity contribution < 1.29 is 19.1 Å². The second kappa shape index (κ2) is 7.60. The third-order valence-corrected chi connectivity index (χ3v) is 4.62. The molecule has 2 aromatic rings. The van der Waals surface area contributed by atoms with E-state index in [2.05, 4.69) is 16.9 Å². The van der Waals surface area contributed by atoms with Gasteiger partial charge in [0.2, 0.25) is 5.91 Å². The minimum Gasteiger partial charge on any atom is -0.493 e. The molecule has 1 aliphatic heterocycles. The van der Waals surface area contributed by atoms with Crippen LogP contribution in [0.1, 0.15) is 27.9 Å². The Bertz CT molecular complexity index is 813. The van der Waals surface area contributed by atoms with Gasteiger partial charge in [0.15, 0.2) is 0 Å². The van der Waals surface area contributed by atoms with Gasteiger partial charge in [0, 0.05) is 24.6 Å². The molecule has 2 aromatic carbocycles. The Morgan fingerprint density at radius 1 is 1.15 bits per heavy atom. The van der Waals surface area contributed by atoms with Gasteiger partial charge in [-0.3, -0.25) is 4.79 Å². The summed E-state index contributed by atoms with van der Waals surface area (Å²) in [5.74, 6) is 0.577. The van der Waals surface area contributed by atoms with Crippen LogP contribution >= 0.6 is 0 Å². The number of methoxy groups -OCH3 is 1. The van der Waals surface area contributed by atoms with Crippen LogP contribution < -0.4 is 9.64 Å². The van der Waals surface area contributed by atoms with E-state index in [9.17, 15) is 9.59 Å². The Kier molecular flexibility index (Phi) is 5.26. The second-order valence-electron chi connectivity index (χ2n) is 6.69. The van der Waals surface area contributed by atoms with Gasteiger partial charge in [-0.25, -0.2) is 4.79 Å². The molecule has 1 aliphatic rings. The number of esters is 1. The van der Waals surface area contributed by atoms with E-state index in [0.29, 0.717) is 30.9 Å². The van der Waals surface area contributed by atoms with Crippen molar-refractivity contribution in [3.63, 3.8) is 0 Å². The van der Waals surface area contributed by atoms with E-state index in [0.717, 1.165) is 16.8 Å². The quantitative estimate of drug-likeness (QED) is 0.772. The van der Waals surface area contributed by atoms with Gasteiger partial charge in [-0.1, -0.05) is 12.1 Å². The molecular weight excluding hydrogens is 330 g/mol. The molecule has 0 aromatic heterocycles. The summed E-state index contributed by atoms with van der Waals surface area (Å²) < 4.78 is 10.5. The molecule has 1 fully saturated rings. The first-order chi connectivity index (χ1) is 12.5. The molecule has 0 bridgehead atoms. The zero-order chi connectivity index (χ0) is 18.7. The lowest BCUT2D eigenvalue weighted by Crippen LogP contribution is -2.26. The highest BCUT2D eigenvalue weighted by Gasteiger charge is 2.31. The summed E-state index contributed by atoms with van der Waals surface area (Å²) in [6, 6.07) is 13.0. The number of carbonyl (C=O) groups excluding carboxylic acids is 2. The summed E-state index contributed by atoms with van der Waals surface area (Å²) in [6.45, 7) is 5.17. The van der Waals surface area contributed by atoms with Crippen molar-refractivity contribution in [2.24, 2.45) is 5.92 Å². The van der Waals surface area contributed by atoms with E-state index < -0.39 is 0 Å². The predicted octanol–water partition coefficient (Wildman–Crippen LogP) is 3.52. The Morgan fingerprint density at radius 3 is 2.58 bits per heavy atom. The molecular formula is C21H23NO4. The molecule has 136 valence electrons. The van der Waals surface area contributed by atoms with Crippen molar-refractivity contribution >= 4 is 17.6 Å². The van der Waals surface area contributed by atoms with Crippen molar-refractivity contribution in [1.29, 1.82) is 0 Å². The van der Waals surface area contributed by atoms with Crippen LogP contribution in [-0.4, -0.2) is 32.1 Å². The van der Waals surface area contributed by atoms with Crippen LogP contribution in [0.15, 0.2) is 42.5 Å².